The van der Waals surface area contributed by atoms with Gasteiger partial charge < -0.3 is 9.72 Å². The van der Waals surface area contributed by atoms with Gasteiger partial charge in [0.15, 0.2) is 0 Å². The van der Waals surface area contributed by atoms with E-state index in [0.717, 1.165) is 35.5 Å². The Morgan fingerprint density at radius 1 is 1.13 bits per heavy atom. The summed E-state index contributed by atoms with van der Waals surface area (Å²) in [5.41, 5.74) is 4.64. The van der Waals surface area contributed by atoms with Gasteiger partial charge in [0.25, 0.3) is 0 Å². The lowest BCUT2D eigenvalue weighted by atomic mass is 10.0. The van der Waals surface area contributed by atoms with Crippen molar-refractivity contribution in [2.75, 3.05) is 20.2 Å². The van der Waals surface area contributed by atoms with Gasteiger partial charge in [0.05, 0.1) is 19.6 Å². The van der Waals surface area contributed by atoms with E-state index in [1.807, 2.05) is 42.5 Å². The Kier molecular flexibility index (Phi) is 4.79. The average molecular weight is 403 g/mol. The minimum Gasteiger partial charge on any atom is -0.497 e. The van der Waals surface area contributed by atoms with E-state index < -0.39 is 0 Å². The van der Waals surface area contributed by atoms with Gasteiger partial charge in [-0.2, -0.15) is 0 Å². The van der Waals surface area contributed by atoms with Gasteiger partial charge in [-0.05, 0) is 42.2 Å². The number of hydrogen-bond acceptors (Lipinski definition) is 4. The van der Waals surface area contributed by atoms with Gasteiger partial charge in [0.1, 0.15) is 5.75 Å². The minimum atomic E-state index is -0.359. The molecule has 30 heavy (non-hydrogen) atoms. The fraction of sp³-hybridized carbons (Fsp3) is 0.333. The number of carbonyl (C=O) groups is 2. The van der Waals surface area contributed by atoms with Crippen LogP contribution in [0.3, 0.4) is 0 Å². The van der Waals surface area contributed by atoms with Crippen molar-refractivity contribution >= 4 is 22.7 Å². The van der Waals surface area contributed by atoms with Crippen molar-refractivity contribution in [2.45, 2.75) is 31.8 Å². The Hall–Kier alpha value is -3.12. The van der Waals surface area contributed by atoms with Crippen LogP contribution in [0.4, 0.5) is 0 Å². The standard InChI is InChI=1S/C24H25N3O3/c1-30-17-7-8-20-19(13-17)18-10-11-26(15-21(18)25-20)22-14-23(28)27(24(22)29)12-9-16-5-3-2-4-6-16/h2-8,13,22,25H,9-12,14-15H2,1H3/t22-/m0/s1. The molecule has 5 rings (SSSR count). The summed E-state index contributed by atoms with van der Waals surface area (Å²) in [7, 11) is 1.67. The lowest BCUT2D eigenvalue weighted by molar-refractivity contribution is -0.139. The smallest absolute Gasteiger partial charge is 0.247 e. The molecule has 1 N–H and O–H groups in total. The number of ether oxygens (including phenoxy) is 1. The molecule has 0 aliphatic carbocycles. The Bertz CT molecular complexity index is 1110. The fourth-order valence-electron chi connectivity index (χ4n) is 4.71. The third kappa shape index (κ3) is 3.27. The number of aromatic amines is 1. The normalized spacial score (nSPS) is 19.5. The molecular weight excluding hydrogens is 378 g/mol. The molecule has 6 nitrogen and oxygen atoms in total. The molecule has 1 atom stereocenters. The maximum atomic E-state index is 13.0. The van der Waals surface area contributed by atoms with Gasteiger partial charge in [-0.3, -0.25) is 19.4 Å². The third-order valence-electron chi connectivity index (χ3n) is 6.34. The maximum absolute atomic E-state index is 13.0. The molecule has 0 bridgehead atoms. The molecule has 0 radical (unpaired) electrons. The number of likely N-dealkylation sites (tertiary alicyclic amines) is 1. The summed E-state index contributed by atoms with van der Waals surface area (Å²) in [6.07, 6.45) is 1.82. The maximum Gasteiger partial charge on any atom is 0.247 e. The predicted octanol–water partition coefficient (Wildman–Crippen LogP) is 2.90. The van der Waals surface area contributed by atoms with E-state index in [1.165, 1.54) is 15.8 Å². The van der Waals surface area contributed by atoms with Crippen LogP contribution in [0.2, 0.25) is 0 Å². The Morgan fingerprint density at radius 3 is 2.77 bits per heavy atom. The van der Waals surface area contributed by atoms with Crippen molar-refractivity contribution in [1.82, 2.24) is 14.8 Å². The molecule has 6 heteroatoms. The monoisotopic (exact) mass is 403 g/mol. The van der Waals surface area contributed by atoms with E-state index in [2.05, 4.69) is 16.0 Å². The Balaban J connectivity index is 1.31. The number of nitrogens with zero attached hydrogens (tertiary/aromatic N) is 2. The predicted molar refractivity (Wildman–Crippen MR) is 114 cm³/mol. The molecule has 3 aromatic rings. The van der Waals surface area contributed by atoms with Gasteiger partial charge in [-0.25, -0.2) is 0 Å². The minimum absolute atomic E-state index is 0.0582. The number of fused-ring (bicyclic) bond motifs is 3. The summed E-state index contributed by atoms with van der Waals surface area (Å²) in [5.74, 6) is 0.725. The zero-order chi connectivity index (χ0) is 20.7. The van der Waals surface area contributed by atoms with Crippen molar-refractivity contribution < 1.29 is 14.3 Å². The van der Waals surface area contributed by atoms with Crippen molar-refractivity contribution in [3.63, 3.8) is 0 Å². The highest BCUT2D eigenvalue weighted by molar-refractivity contribution is 6.05. The number of aromatic nitrogens is 1. The summed E-state index contributed by atoms with van der Waals surface area (Å²) in [4.78, 5) is 32.7. The molecule has 1 aromatic heterocycles. The molecule has 1 saturated heterocycles. The van der Waals surface area contributed by atoms with Gasteiger partial charge in [-0.15, -0.1) is 0 Å². The van der Waals surface area contributed by atoms with E-state index in [9.17, 15) is 9.59 Å². The zero-order valence-electron chi connectivity index (χ0n) is 17.1. The number of hydrogen-bond donors (Lipinski definition) is 1. The van der Waals surface area contributed by atoms with Crippen LogP contribution in [0.5, 0.6) is 5.75 Å². The number of nitrogens with one attached hydrogen (secondary N) is 1. The second-order valence-corrected chi connectivity index (χ2v) is 8.05. The molecule has 2 aliphatic heterocycles. The highest BCUT2D eigenvalue weighted by Crippen LogP contribution is 2.32. The highest BCUT2D eigenvalue weighted by atomic mass is 16.5. The molecule has 2 aliphatic rings. The average Bonchev–Trinajstić information content (AvgIpc) is 3.28. The van der Waals surface area contributed by atoms with Crippen LogP contribution in [0.15, 0.2) is 48.5 Å². The quantitative estimate of drug-likeness (QED) is 0.666. The van der Waals surface area contributed by atoms with Crippen LogP contribution >= 0.6 is 0 Å². The lowest BCUT2D eigenvalue weighted by Crippen LogP contribution is -2.44. The number of benzene rings is 2. The van der Waals surface area contributed by atoms with Crippen molar-refractivity contribution in [2.24, 2.45) is 0 Å². The summed E-state index contributed by atoms with van der Waals surface area (Å²) in [6, 6.07) is 15.7. The first-order valence-corrected chi connectivity index (χ1v) is 10.4. The van der Waals surface area contributed by atoms with Crippen LogP contribution in [-0.2, 0) is 29.0 Å². The van der Waals surface area contributed by atoms with Crippen LogP contribution in [0, 0.1) is 0 Å². The van der Waals surface area contributed by atoms with E-state index in [-0.39, 0.29) is 24.3 Å². The fourth-order valence-corrected chi connectivity index (χ4v) is 4.71. The topological polar surface area (TPSA) is 65.6 Å². The van der Waals surface area contributed by atoms with Gasteiger partial charge in [0.2, 0.25) is 11.8 Å². The van der Waals surface area contributed by atoms with Crippen LogP contribution in [0.1, 0.15) is 23.2 Å². The van der Waals surface area contributed by atoms with Crippen molar-refractivity contribution in [3.8, 4) is 5.75 Å². The largest absolute Gasteiger partial charge is 0.497 e. The van der Waals surface area contributed by atoms with Gasteiger partial charge in [0, 0.05) is 36.2 Å². The van der Waals surface area contributed by atoms with Crippen LogP contribution in [0.25, 0.3) is 10.9 Å². The van der Waals surface area contributed by atoms with E-state index in [0.29, 0.717) is 19.5 Å². The molecule has 2 amide bonds. The third-order valence-corrected chi connectivity index (χ3v) is 6.34. The van der Waals surface area contributed by atoms with Crippen molar-refractivity contribution in [3.05, 3.63) is 65.4 Å². The summed E-state index contributed by atoms with van der Waals surface area (Å²) in [6.45, 7) is 1.87. The van der Waals surface area contributed by atoms with Crippen molar-refractivity contribution in [1.29, 1.82) is 0 Å². The van der Waals surface area contributed by atoms with E-state index >= 15 is 0 Å². The SMILES string of the molecule is COc1ccc2[nH]c3c(c2c1)CCN([C@H]1CC(=O)N(CCc2ccccc2)C1=O)C3. The Labute approximate surface area is 175 Å². The first kappa shape index (κ1) is 18.9. The number of amides is 2. The Morgan fingerprint density at radius 2 is 1.97 bits per heavy atom. The number of carbonyl (C=O) groups excluding carboxylic acids is 2. The lowest BCUT2D eigenvalue weighted by Gasteiger charge is -2.30. The zero-order valence-corrected chi connectivity index (χ0v) is 17.1. The number of rotatable bonds is 5. The van der Waals surface area contributed by atoms with Gasteiger partial charge in [-0.1, -0.05) is 30.3 Å². The molecular formula is C24H25N3O3. The van der Waals surface area contributed by atoms with Crippen LogP contribution < -0.4 is 4.74 Å². The molecule has 0 unspecified atom stereocenters. The summed E-state index contributed by atoms with van der Waals surface area (Å²) >= 11 is 0. The number of methoxy groups -OCH3 is 1. The molecule has 0 saturated carbocycles. The first-order valence-electron chi connectivity index (χ1n) is 10.4. The van der Waals surface area contributed by atoms with E-state index in [4.69, 9.17) is 4.74 Å². The number of imide groups is 1. The van der Waals surface area contributed by atoms with Crippen LogP contribution in [-0.4, -0.2) is 52.8 Å². The summed E-state index contributed by atoms with van der Waals surface area (Å²) < 4.78 is 5.37. The summed E-state index contributed by atoms with van der Waals surface area (Å²) in [5, 5.41) is 1.18. The molecule has 3 heterocycles. The molecule has 154 valence electrons. The molecule has 1 fully saturated rings. The van der Waals surface area contributed by atoms with Gasteiger partial charge >= 0.3 is 0 Å². The first-order chi connectivity index (χ1) is 14.6. The highest BCUT2D eigenvalue weighted by Gasteiger charge is 2.42. The second kappa shape index (κ2) is 7.61. The second-order valence-electron chi connectivity index (χ2n) is 8.05. The number of H-pyrrole nitrogens is 1. The molecule has 0 spiro atoms. The van der Waals surface area contributed by atoms with E-state index in [1.54, 1.807) is 7.11 Å². The molecule has 2 aromatic carbocycles.